The Bertz CT molecular complexity index is 1540. The zero-order valence-electron chi connectivity index (χ0n) is 36.1. The van der Waals surface area contributed by atoms with E-state index >= 15 is 0 Å². The van der Waals surface area contributed by atoms with Crippen LogP contribution in [0.25, 0.3) is 0 Å². The number of methoxy groups -OCH3 is 2. The lowest BCUT2D eigenvalue weighted by Gasteiger charge is -2.07. The van der Waals surface area contributed by atoms with Crippen LogP contribution in [0.3, 0.4) is 0 Å². The summed E-state index contributed by atoms with van der Waals surface area (Å²) in [7, 11) is 2.43. The van der Waals surface area contributed by atoms with Gasteiger partial charge < -0.3 is 43.7 Å². The molecule has 0 amide bonds. The molecule has 60 heavy (non-hydrogen) atoms. The standard InChI is InChI=1S/C9H10O3.C9H8O3.C7H14O3.C7H12O3.C5H10O3.C5H8O3.3H2/c2*1-12-9(11)8(10)7-5-3-2-4-6-7;2*1-3-6(8)5-7(9)10-4-2;2*1-3-8-5(7)4(2)6;;;/h2-6,8,10H,1H3;2-6H,1H3;6,8H,3-5H2,1-2H3;3-5H2,1-2H3;4,6H,3H2,1-2H3;3H2,1-2H3;3*1H. The fourth-order valence-electron chi connectivity index (χ4n) is 3.23. The van der Waals surface area contributed by atoms with E-state index in [1.165, 1.54) is 28.1 Å². The van der Waals surface area contributed by atoms with Crippen molar-refractivity contribution >= 4 is 53.2 Å². The Balaban J connectivity index is -0.000000119. The molecule has 344 valence electrons. The van der Waals surface area contributed by atoms with Crippen LogP contribution in [-0.2, 0) is 66.8 Å². The van der Waals surface area contributed by atoms with Crippen molar-refractivity contribution in [2.24, 2.45) is 0 Å². The summed E-state index contributed by atoms with van der Waals surface area (Å²) in [5.41, 5.74) is 0.897. The summed E-state index contributed by atoms with van der Waals surface area (Å²) in [6.45, 7) is 14.2. The van der Waals surface area contributed by atoms with Crippen LogP contribution in [0.5, 0.6) is 0 Å². The molecule has 0 bridgehead atoms. The molecule has 0 aliphatic carbocycles. The lowest BCUT2D eigenvalue weighted by Crippen LogP contribution is -2.18. The number of ketones is 3. The van der Waals surface area contributed by atoms with Crippen molar-refractivity contribution in [3.05, 3.63) is 71.8 Å². The van der Waals surface area contributed by atoms with E-state index < -0.39 is 59.7 Å². The number of carbonyl (C=O) groups excluding carboxylic acids is 9. The fraction of sp³-hybridized carbons (Fsp3) is 0.500. The number of Topliss-reactive ketones (excluding diaryl/α,β-unsaturated/α-hetero) is 3. The van der Waals surface area contributed by atoms with Crippen LogP contribution in [0.15, 0.2) is 60.7 Å². The Morgan fingerprint density at radius 3 is 1.42 bits per heavy atom. The average Bonchev–Trinajstić information content (AvgIpc) is 3.24. The Kier molecular flexibility index (Phi) is 40.5. The predicted molar refractivity (Wildman–Crippen MR) is 222 cm³/mol. The van der Waals surface area contributed by atoms with E-state index in [-0.39, 0.29) is 35.5 Å². The first-order chi connectivity index (χ1) is 28.3. The molecule has 0 fully saturated rings. The first-order valence-electron chi connectivity index (χ1n) is 18.8. The van der Waals surface area contributed by atoms with Crippen LogP contribution < -0.4 is 0 Å². The summed E-state index contributed by atoms with van der Waals surface area (Å²) in [4.78, 5) is 95.0. The molecule has 2 rings (SSSR count). The molecule has 3 atom stereocenters. The van der Waals surface area contributed by atoms with Gasteiger partial charge in [0.25, 0.3) is 5.78 Å². The van der Waals surface area contributed by atoms with Gasteiger partial charge in [-0.25, -0.2) is 19.2 Å². The molecule has 0 saturated heterocycles. The molecule has 3 unspecified atom stereocenters. The predicted octanol–water partition coefficient (Wildman–Crippen LogP) is 4.37. The normalized spacial score (nSPS) is 10.7. The summed E-state index contributed by atoms with van der Waals surface area (Å²) < 4.78 is 26.6. The quantitative estimate of drug-likeness (QED) is 0.0695. The molecule has 0 aliphatic rings. The third-order valence-electron chi connectivity index (χ3n) is 6.36. The highest BCUT2D eigenvalue weighted by Crippen LogP contribution is 2.12. The number of rotatable bonds is 16. The number of esters is 6. The maximum Gasteiger partial charge on any atom is 0.379 e. The van der Waals surface area contributed by atoms with Crippen molar-refractivity contribution < 1.29 is 91.2 Å². The topological polar surface area (TPSA) is 270 Å². The Hall–Kier alpha value is -5.85. The second kappa shape index (κ2) is 40.0. The smallest absolute Gasteiger partial charge is 0.379 e. The number of aliphatic hydroxyl groups excluding tert-OH is 3. The molecule has 2 aromatic carbocycles. The van der Waals surface area contributed by atoms with E-state index in [0.717, 1.165) is 0 Å². The van der Waals surface area contributed by atoms with Gasteiger partial charge in [0, 0.05) is 23.2 Å². The molecule has 0 aromatic heterocycles. The van der Waals surface area contributed by atoms with E-state index in [1.807, 2.05) is 13.0 Å². The van der Waals surface area contributed by atoms with Gasteiger partial charge in [-0.05, 0) is 46.6 Å². The van der Waals surface area contributed by atoms with Gasteiger partial charge in [0.15, 0.2) is 6.10 Å². The number of carbonyl (C=O) groups is 9. The lowest BCUT2D eigenvalue weighted by molar-refractivity contribution is -0.152. The third kappa shape index (κ3) is 35.3. The zero-order valence-corrected chi connectivity index (χ0v) is 36.1. The van der Waals surface area contributed by atoms with Crippen molar-refractivity contribution in [2.45, 2.75) is 99.4 Å². The summed E-state index contributed by atoms with van der Waals surface area (Å²) in [5.74, 6) is -4.77. The average molecular weight is 861 g/mol. The first kappa shape index (κ1) is 60.8. The monoisotopic (exact) mass is 860 g/mol. The molecule has 2 aromatic rings. The van der Waals surface area contributed by atoms with Gasteiger partial charge in [-0.1, -0.05) is 74.5 Å². The van der Waals surface area contributed by atoms with Crippen LogP contribution in [0.1, 0.15) is 107 Å². The molecule has 18 nitrogen and oxygen atoms in total. The van der Waals surface area contributed by atoms with E-state index in [4.69, 9.17) is 10.2 Å². The van der Waals surface area contributed by atoms with E-state index in [9.17, 15) is 48.3 Å². The molecular formula is C42H68O18. The second-order valence-electron chi connectivity index (χ2n) is 11.2. The van der Waals surface area contributed by atoms with E-state index in [2.05, 4.69) is 28.4 Å². The van der Waals surface area contributed by atoms with Gasteiger partial charge in [-0.15, -0.1) is 0 Å². The maximum atomic E-state index is 11.1. The minimum Gasteiger partial charge on any atom is -0.467 e. The van der Waals surface area contributed by atoms with Crippen LogP contribution >= 0.6 is 0 Å². The van der Waals surface area contributed by atoms with Crippen molar-refractivity contribution in [1.29, 1.82) is 0 Å². The van der Waals surface area contributed by atoms with Gasteiger partial charge in [-0.2, -0.15) is 0 Å². The fourth-order valence-corrected chi connectivity index (χ4v) is 3.23. The second-order valence-corrected chi connectivity index (χ2v) is 11.2. The van der Waals surface area contributed by atoms with Gasteiger partial charge in [-0.3, -0.25) is 24.0 Å². The van der Waals surface area contributed by atoms with Gasteiger partial charge in [0.1, 0.15) is 18.3 Å². The highest BCUT2D eigenvalue weighted by Gasteiger charge is 2.17. The Morgan fingerprint density at radius 2 is 1.07 bits per heavy atom. The lowest BCUT2D eigenvalue weighted by atomic mass is 10.1. The molecular weight excluding hydrogens is 792 g/mol. The summed E-state index contributed by atoms with van der Waals surface area (Å²) in [6, 6.07) is 16.9. The maximum absolute atomic E-state index is 11.1. The molecule has 18 heteroatoms. The molecule has 0 heterocycles. The highest BCUT2D eigenvalue weighted by atomic mass is 16.6. The molecule has 0 saturated carbocycles. The number of hydrogen-bond donors (Lipinski definition) is 3. The summed E-state index contributed by atoms with van der Waals surface area (Å²) in [6.07, 6.45) is -1.67. The van der Waals surface area contributed by atoms with Crippen molar-refractivity contribution in [1.82, 2.24) is 0 Å². The van der Waals surface area contributed by atoms with E-state index in [0.29, 0.717) is 43.8 Å². The van der Waals surface area contributed by atoms with Crippen molar-refractivity contribution in [2.75, 3.05) is 40.6 Å². The SMILES string of the molecule is CCOC(=O)C(C)=O.CCOC(=O)C(C)O.CCOC(=O)CC(=O)CC.CCOC(=O)CC(O)CC.COC(=O)C(=O)c1ccccc1.COC(=O)C(O)c1ccccc1.[HH].[HH].[HH]. The highest BCUT2D eigenvalue weighted by molar-refractivity contribution is 6.40. The van der Waals surface area contributed by atoms with Crippen LogP contribution in [-0.4, -0.2) is 121 Å². The molecule has 0 radical (unpaired) electrons. The third-order valence-corrected chi connectivity index (χ3v) is 6.36. The summed E-state index contributed by atoms with van der Waals surface area (Å²) in [5, 5.41) is 26.7. The Morgan fingerprint density at radius 1 is 0.600 bits per heavy atom. The van der Waals surface area contributed by atoms with Crippen LogP contribution in [0.4, 0.5) is 0 Å². The number of benzene rings is 2. The van der Waals surface area contributed by atoms with Gasteiger partial charge in [0.2, 0.25) is 5.78 Å². The number of aliphatic hydroxyl groups is 3. The van der Waals surface area contributed by atoms with Crippen molar-refractivity contribution in [3.8, 4) is 0 Å². The molecule has 0 aliphatic heterocycles. The molecule has 3 N–H and O–H groups in total. The summed E-state index contributed by atoms with van der Waals surface area (Å²) >= 11 is 0. The minimum absolute atomic E-state index is 0. The minimum atomic E-state index is -1.17. The van der Waals surface area contributed by atoms with Crippen molar-refractivity contribution in [3.63, 3.8) is 0 Å². The van der Waals surface area contributed by atoms with Crippen LogP contribution in [0, 0.1) is 0 Å². The number of hydrogen-bond acceptors (Lipinski definition) is 18. The van der Waals surface area contributed by atoms with Crippen LogP contribution in [0.2, 0.25) is 0 Å². The first-order valence-corrected chi connectivity index (χ1v) is 18.8. The number of ether oxygens (including phenoxy) is 6. The van der Waals surface area contributed by atoms with Gasteiger partial charge in [0.05, 0.1) is 53.2 Å². The molecule has 0 spiro atoms. The van der Waals surface area contributed by atoms with E-state index in [1.54, 1.807) is 89.2 Å². The van der Waals surface area contributed by atoms with Gasteiger partial charge >= 0.3 is 35.8 Å². The Labute approximate surface area is 355 Å². The zero-order chi connectivity index (χ0) is 47.1. The largest absolute Gasteiger partial charge is 0.467 e.